The number of nitrogens with zero attached hydrogens (tertiary/aromatic N) is 3. The molecular formula is C27H38N4O3. The molecule has 1 aliphatic heterocycles. The van der Waals surface area contributed by atoms with Gasteiger partial charge in [0, 0.05) is 38.3 Å². The van der Waals surface area contributed by atoms with Crippen LogP contribution in [0.2, 0.25) is 0 Å². The van der Waals surface area contributed by atoms with Gasteiger partial charge in [0.05, 0.1) is 17.8 Å². The first-order valence-corrected chi connectivity index (χ1v) is 13.2. The lowest BCUT2D eigenvalue weighted by molar-refractivity contribution is 0.0719. The normalized spacial score (nSPS) is 24.3. The van der Waals surface area contributed by atoms with Crippen molar-refractivity contribution in [3.63, 3.8) is 0 Å². The Labute approximate surface area is 201 Å². The van der Waals surface area contributed by atoms with Gasteiger partial charge in [-0.3, -0.25) is 13.9 Å². The summed E-state index contributed by atoms with van der Waals surface area (Å²) in [7, 11) is 0. The van der Waals surface area contributed by atoms with Crippen LogP contribution in [0.15, 0.2) is 35.1 Å². The Bertz CT molecular complexity index is 1030. The van der Waals surface area contributed by atoms with E-state index >= 15 is 0 Å². The van der Waals surface area contributed by atoms with Gasteiger partial charge < -0.3 is 15.3 Å². The molecule has 2 atom stereocenters. The monoisotopic (exact) mass is 466 g/mol. The first-order valence-electron chi connectivity index (χ1n) is 13.2. The van der Waals surface area contributed by atoms with Crippen LogP contribution >= 0.6 is 0 Å². The smallest absolute Gasteiger partial charge is 0.329 e. The van der Waals surface area contributed by atoms with Crippen molar-refractivity contribution in [1.82, 2.24) is 19.4 Å². The van der Waals surface area contributed by atoms with E-state index in [9.17, 15) is 14.7 Å². The fourth-order valence-electron chi connectivity index (χ4n) is 6.17. The van der Waals surface area contributed by atoms with Crippen molar-refractivity contribution >= 4 is 5.91 Å². The molecule has 0 spiro atoms. The lowest BCUT2D eigenvalue weighted by Gasteiger charge is -2.30. The maximum atomic E-state index is 14.1. The topological polar surface area (TPSA) is 79.5 Å². The first-order chi connectivity index (χ1) is 16.6. The van der Waals surface area contributed by atoms with Gasteiger partial charge in [-0.05, 0) is 31.6 Å². The quantitative estimate of drug-likeness (QED) is 0.708. The summed E-state index contributed by atoms with van der Waals surface area (Å²) in [4.78, 5) is 30.1. The molecule has 0 bridgehead atoms. The number of nitrogens with one attached hydrogen (secondary N) is 1. The second kappa shape index (κ2) is 10.5. The minimum absolute atomic E-state index is 0.0580. The van der Waals surface area contributed by atoms with Crippen LogP contribution < -0.4 is 11.0 Å². The van der Waals surface area contributed by atoms with Gasteiger partial charge in [0.15, 0.2) is 0 Å². The van der Waals surface area contributed by atoms with Crippen molar-refractivity contribution in [2.75, 3.05) is 26.2 Å². The molecule has 1 amide bonds. The summed E-state index contributed by atoms with van der Waals surface area (Å²) in [5, 5.41) is 14.3. The molecule has 1 saturated heterocycles. The molecule has 2 heterocycles. The van der Waals surface area contributed by atoms with Crippen LogP contribution in [0.5, 0.6) is 0 Å². The van der Waals surface area contributed by atoms with Gasteiger partial charge in [0.1, 0.15) is 5.69 Å². The van der Waals surface area contributed by atoms with Gasteiger partial charge in [-0.25, -0.2) is 4.79 Å². The Hall–Kier alpha value is -2.38. The number of amides is 1. The number of benzene rings is 1. The third-order valence-electron chi connectivity index (χ3n) is 8.02. The maximum Gasteiger partial charge on any atom is 0.329 e. The van der Waals surface area contributed by atoms with Gasteiger partial charge >= 0.3 is 5.69 Å². The summed E-state index contributed by atoms with van der Waals surface area (Å²) in [5.41, 5.74) is 1.95. The highest BCUT2D eigenvalue weighted by atomic mass is 16.3. The number of aliphatic hydroxyl groups is 1. The van der Waals surface area contributed by atoms with Crippen LogP contribution in [0.3, 0.4) is 0 Å². The molecular weight excluding hydrogens is 428 g/mol. The zero-order chi connectivity index (χ0) is 23.5. The molecule has 2 aromatic rings. The summed E-state index contributed by atoms with van der Waals surface area (Å²) in [6, 6.07) is 9.55. The summed E-state index contributed by atoms with van der Waals surface area (Å²) in [6.07, 6.45) is 8.68. The third kappa shape index (κ3) is 4.60. The molecule has 2 N–H and O–H groups in total. The van der Waals surface area contributed by atoms with E-state index in [0.29, 0.717) is 43.4 Å². The highest BCUT2D eigenvalue weighted by molar-refractivity contribution is 5.98. The van der Waals surface area contributed by atoms with Crippen molar-refractivity contribution in [1.29, 1.82) is 0 Å². The minimum Gasteiger partial charge on any atom is -0.391 e. The number of aliphatic hydroxyl groups excluding tert-OH is 1. The number of hydrogen-bond donors (Lipinski definition) is 2. The predicted octanol–water partition coefficient (Wildman–Crippen LogP) is 3.42. The largest absolute Gasteiger partial charge is 0.391 e. The molecule has 0 radical (unpaired) electrons. The van der Waals surface area contributed by atoms with E-state index in [0.717, 1.165) is 50.8 Å². The molecule has 7 nitrogen and oxygen atoms in total. The molecule has 1 aromatic carbocycles. The predicted molar refractivity (Wildman–Crippen MR) is 133 cm³/mol. The third-order valence-corrected chi connectivity index (χ3v) is 8.02. The van der Waals surface area contributed by atoms with Gasteiger partial charge in [0.25, 0.3) is 5.91 Å². The van der Waals surface area contributed by atoms with Crippen LogP contribution in [0.4, 0.5) is 0 Å². The van der Waals surface area contributed by atoms with Gasteiger partial charge in [-0.2, -0.15) is 0 Å². The van der Waals surface area contributed by atoms with Crippen LogP contribution in [-0.2, 0) is 6.54 Å². The van der Waals surface area contributed by atoms with Crippen molar-refractivity contribution in [3.8, 4) is 11.3 Å². The fraction of sp³-hybridized carbons (Fsp3) is 0.630. The Morgan fingerprint density at radius 1 is 0.941 bits per heavy atom. The highest BCUT2D eigenvalue weighted by Crippen LogP contribution is 2.35. The number of imidazole rings is 1. The zero-order valence-electron chi connectivity index (χ0n) is 20.1. The number of rotatable bonds is 5. The van der Waals surface area contributed by atoms with Crippen LogP contribution in [0.25, 0.3) is 11.3 Å². The number of carbonyl (C=O) groups excluding carboxylic acids is 1. The Morgan fingerprint density at radius 2 is 1.62 bits per heavy atom. The number of aromatic nitrogens is 2. The van der Waals surface area contributed by atoms with E-state index in [1.54, 1.807) is 9.13 Å². The van der Waals surface area contributed by atoms with Crippen LogP contribution in [-0.4, -0.2) is 57.3 Å². The van der Waals surface area contributed by atoms with Crippen LogP contribution in [0, 0.1) is 5.92 Å². The molecule has 34 heavy (non-hydrogen) atoms. The molecule has 1 aromatic heterocycles. The Balaban J connectivity index is 1.68. The lowest BCUT2D eigenvalue weighted by atomic mass is 9.89. The Kier molecular flexibility index (Phi) is 7.21. The van der Waals surface area contributed by atoms with Crippen molar-refractivity contribution in [3.05, 3.63) is 46.5 Å². The fourth-order valence-corrected chi connectivity index (χ4v) is 6.17. The van der Waals surface area contributed by atoms with Gasteiger partial charge in [-0.15, -0.1) is 0 Å². The average molecular weight is 467 g/mol. The summed E-state index contributed by atoms with van der Waals surface area (Å²) in [6.45, 7) is 3.40. The minimum atomic E-state index is -0.568. The molecule has 184 valence electrons. The molecule has 3 fully saturated rings. The van der Waals surface area contributed by atoms with E-state index in [1.165, 1.54) is 19.3 Å². The molecule has 7 heteroatoms. The van der Waals surface area contributed by atoms with E-state index < -0.39 is 6.10 Å². The number of hydrogen-bond acceptors (Lipinski definition) is 4. The van der Waals surface area contributed by atoms with Crippen molar-refractivity contribution in [2.45, 2.75) is 76.5 Å². The van der Waals surface area contributed by atoms with Crippen molar-refractivity contribution < 1.29 is 9.90 Å². The molecule has 2 saturated carbocycles. The SMILES string of the molecule is O=C(c1c(-c2ccccc2)n(C2CCCC[C@H]2O)c(=O)n1CC1CCCCC1)N1CCNCC1. The Morgan fingerprint density at radius 3 is 2.32 bits per heavy atom. The zero-order valence-corrected chi connectivity index (χ0v) is 20.1. The summed E-state index contributed by atoms with van der Waals surface area (Å²) < 4.78 is 3.57. The van der Waals surface area contributed by atoms with Crippen LogP contribution in [0.1, 0.15) is 74.3 Å². The number of carbonyl (C=O) groups is 1. The van der Waals surface area contributed by atoms with Gasteiger partial charge in [0.2, 0.25) is 0 Å². The van der Waals surface area contributed by atoms with E-state index in [4.69, 9.17) is 0 Å². The van der Waals surface area contributed by atoms with E-state index in [1.807, 2.05) is 35.2 Å². The standard InChI is InChI=1S/C27H38N4O3/c32-23-14-8-7-13-22(23)31-24(21-11-5-2-6-12-21)25(26(33)29-17-15-28-16-18-29)30(27(31)34)19-20-9-3-1-4-10-20/h2,5-6,11-12,20,22-23,28,32H,1,3-4,7-10,13-19H2/t22?,23-/m1/s1. The lowest BCUT2D eigenvalue weighted by Crippen LogP contribution is -2.47. The maximum absolute atomic E-state index is 14.1. The summed E-state index contributed by atoms with van der Waals surface area (Å²) >= 11 is 0. The van der Waals surface area contributed by atoms with Crippen molar-refractivity contribution in [2.24, 2.45) is 5.92 Å². The van der Waals surface area contributed by atoms with E-state index in [2.05, 4.69) is 5.32 Å². The molecule has 5 rings (SSSR count). The average Bonchev–Trinajstić information content (AvgIpc) is 3.17. The highest BCUT2D eigenvalue weighted by Gasteiger charge is 2.36. The number of piperazine rings is 1. The second-order valence-corrected chi connectivity index (χ2v) is 10.3. The first kappa shape index (κ1) is 23.4. The van der Waals surface area contributed by atoms with Gasteiger partial charge in [-0.1, -0.05) is 62.4 Å². The second-order valence-electron chi connectivity index (χ2n) is 10.3. The van der Waals surface area contributed by atoms with E-state index in [-0.39, 0.29) is 17.6 Å². The summed E-state index contributed by atoms with van der Waals surface area (Å²) in [5.74, 6) is 0.356. The molecule has 1 unspecified atom stereocenters. The molecule has 2 aliphatic carbocycles. The molecule has 3 aliphatic rings.